The van der Waals surface area contributed by atoms with E-state index in [4.69, 9.17) is 4.74 Å². The summed E-state index contributed by atoms with van der Waals surface area (Å²) < 4.78 is 18.7. The van der Waals surface area contributed by atoms with Crippen molar-refractivity contribution in [3.8, 4) is 0 Å². The van der Waals surface area contributed by atoms with Gasteiger partial charge in [0.1, 0.15) is 5.82 Å². The van der Waals surface area contributed by atoms with Crippen molar-refractivity contribution in [1.29, 1.82) is 0 Å². The zero-order chi connectivity index (χ0) is 16.9. The molecule has 0 bridgehead atoms. The second kappa shape index (κ2) is 7.53. The molecule has 1 saturated heterocycles. The van der Waals surface area contributed by atoms with E-state index in [1.807, 2.05) is 19.2 Å². The molecule has 0 saturated carbocycles. The van der Waals surface area contributed by atoms with Gasteiger partial charge in [-0.3, -0.25) is 9.78 Å². The molecule has 126 valence electrons. The number of carbonyl (C=O) groups excluding carboxylic acids is 1. The van der Waals surface area contributed by atoms with Crippen molar-refractivity contribution in [2.75, 3.05) is 20.3 Å². The summed E-state index contributed by atoms with van der Waals surface area (Å²) in [5.74, 6) is -0.289. The fourth-order valence-electron chi connectivity index (χ4n) is 3.03. The van der Waals surface area contributed by atoms with Crippen LogP contribution in [0.3, 0.4) is 0 Å². The van der Waals surface area contributed by atoms with E-state index < -0.39 is 0 Å². The molecular formula is C19H21FN2O2. The highest BCUT2D eigenvalue weighted by Crippen LogP contribution is 2.17. The Bertz CT molecular complexity index is 714. The predicted molar refractivity (Wildman–Crippen MR) is 89.4 cm³/mol. The number of hydrogen-bond acceptors (Lipinski definition) is 3. The van der Waals surface area contributed by atoms with Crippen LogP contribution < -0.4 is 0 Å². The lowest BCUT2D eigenvalue weighted by Crippen LogP contribution is -2.40. The molecule has 5 heteroatoms. The normalized spacial score (nSPS) is 15.2. The molecule has 0 aliphatic carbocycles. The summed E-state index contributed by atoms with van der Waals surface area (Å²) in [6, 6.07) is 8.53. The average molecular weight is 328 g/mol. The number of carbonyl (C=O) groups is 1. The Morgan fingerprint density at radius 3 is 2.79 bits per heavy atom. The van der Waals surface area contributed by atoms with Crippen molar-refractivity contribution in [1.82, 2.24) is 9.88 Å². The molecule has 1 fully saturated rings. The molecule has 1 aromatic heterocycles. The molecule has 1 aromatic carbocycles. The number of benzene rings is 1. The van der Waals surface area contributed by atoms with Crippen LogP contribution in [0.25, 0.3) is 0 Å². The highest BCUT2D eigenvalue weighted by Gasteiger charge is 2.23. The summed E-state index contributed by atoms with van der Waals surface area (Å²) in [7, 11) is 1.83. The monoisotopic (exact) mass is 328 g/mol. The maximum atomic E-state index is 13.3. The van der Waals surface area contributed by atoms with Gasteiger partial charge in [-0.1, -0.05) is 12.1 Å². The van der Waals surface area contributed by atoms with Crippen LogP contribution in [0.15, 0.2) is 42.7 Å². The molecule has 0 unspecified atom stereocenters. The van der Waals surface area contributed by atoms with Gasteiger partial charge in [0.05, 0.1) is 5.56 Å². The first kappa shape index (κ1) is 16.6. The van der Waals surface area contributed by atoms with Crippen LogP contribution in [0.4, 0.5) is 4.39 Å². The number of aromatic nitrogens is 1. The molecule has 24 heavy (non-hydrogen) atoms. The molecule has 1 aliphatic rings. The highest BCUT2D eigenvalue weighted by atomic mass is 19.1. The topological polar surface area (TPSA) is 42.4 Å². The van der Waals surface area contributed by atoms with Crippen LogP contribution in [-0.2, 0) is 11.2 Å². The van der Waals surface area contributed by atoms with Gasteiger partial charge in [-0.25, -0.2) is 4.39 Å². The zero-order valence-electron chi connectivity index (χ0n) is 13.7. The minimum absolute atomic E-state index is 0.0320. The van der Waals surface area contributed by atoms with Gasteiger partial charge in [0.25, 0.3) is 5.91 Å². The third-order valence-corrected chi connectivity index (χ3v) is 4.40. The Hall–Kier alpha value is -2.27. The summed E-state index contributed by atoms with van der Waals surface area (Å²) in [5, 5.41) is 0. The standard InChI is InChI=1S/C19H21FN2O2/c1-22(18-5-7-24-8-6-18)19(23)16-10-15(12-21-13-16)9-14-3-2-4-17(20)11-14/h2-4,10-13,18H,5-9H2,1H3. The SMILES string of the molecule is CN(C(=O)c1cncc(Cc2cccc(F)c2)c1)C1CCOCC1. The van der Waals surface area contributed by atoms with Gasteiger partial charge in [0.15, 0.2) is 0 Å². The van der Waals surface area contributed by atoms with Crippen LogP contribution in [0.2, 0.25) is 0 Å². The number of ether oxygens (including phenoxy) is 1. The summed E-state index contributed by atoms with van der Waals surface area (Å²) in [4.78, 5) is 18.7. The number of rotatable bonds is 4. The van der Waals surface area contributed by atoms with Crippen molar-refractivity contribution >= 4 is 5.91 Å². The second-order valence-electron chi connectivity index (χ2n) is 6.15. The number of hydrogen-bond donors (Lipinski definition) is 0. The molecular weight excluding hydrogens is 307 g/mol. The fraction of sp³-hybridized carbons (Fsp3) is 0.368. The van der Waals surface area contributed by atoms with Crippen LogP contribution in [0, 0.1) is 5.82 Å². The predicted octanol–water partition coefficient (Wildman–Crippen LogP) is 3.06. The molecule has 1 aliphatic heterocycles. The van der Waals surface area contributed by atoms with Crippen LogP contribution >= 0.6 is 0 Å². The lowest BCUT2D eigenvalue weighted by molar-refractivity contribution is 0.0362. The Labute approximate surface area is 141 Å². The molecule has 2 aromatic rings. The number of amides is 1. The van der Waals surface area contributed by atoms with E-state index in [0.29, 0.717) is 25.2 Å². The quantitative estimate of drug-likeness (QED) is 0.866. The molecule has 0 radical (unpaired) electrons. The van der Waals surface area contributed by atoms with E-state index in [9.17, 15) is 9.18 Å². The average Bonchev–Trinajstić information content (AvgIpc) is 2.61. The van der Waals surface area contributed by atoms with E-state index in [1.165, 1.54) is 12.1 Å². The molecule has 4 nitrogen and oxygen atoms in total. The van der Waals surface area contributed by atoms with Crippen molar-refractivity contribution in [3.63, 3.8) is 0 Å². The zero-order valence-corrected chi connectivity index (χ0v) is 13.7. The molecule has 0 N–H and O–H groups in total. The van der Waals surface area contributed by atoms with E-state index in [2.05, 4.69) is 4.98 Å². The van der Waals surface area contributed by atoms with E-state index in [0.717, 1.165) is 24.0 Å². The van der Waals surface area contributed by atoms with Gasteiger partial charge < -0.3 is 9.64 Å². The smallest absolute Gasteiger partial charge is 0.255 e. The maximum absolute atomic E-state index is 13.3. The number of pyridine rings is 1. The van der Waals surface area contributed by atoms with Crippen molar-refractivity contribution in [2.24, 2.45) is 0 Å². The first-order valence-corrected chi connectivity index (χ1v) is 8.17. The lowest BCUT2D eigenvalue weighted by atomic mass is 10.0. The third kappa shape index (κ3) is 3.97. The van der Waals surface area contributed by atoms with E-state index >= 15 is 0 Å². The highest BCUT2D eigenvalue weighted by molar-refractivity contribution is 5.94. The Morgan fingerprint density at radius 2 is 2.04 bits per heavy atom. The van der Waals surface area contributed by atoms with Gasteiger partial charge >= 0.3 is 0 Å². The van der Waals surface area contributed by atoms with Gasteiger partial charge in [0.2, 0.25) is 0 Å². The molecule has 1 amide bonds. The summed E-state index contributed by atoms with van der Waals surface area (Å²) in [6.07, 6.45) is 5.58. The lowest BCUT2D eigenvalue weighted by Gasteiger charge is -2.31. The van der Waals surface area contributed by atoms with E-state index in [1.54, 1.807) is 23.4 Å². The van der Waals surface area contributed by atoms with Crippen LogP contribution in [-0.4, -0.2) is 42.1 Å². The second-order valence-corrected chi connectivity index (χ2v) is 6.15. The molecule has 2 heterocycles. The van der Waals surface area contributed by atoms with Crippen LogP contribution in [0.1, 0.15) is 34.3 Å². The van der Waals surface area contributed by atoms with Gasteiger partial charge in [-0.05, 0) is 48.6 Å². The molecule has 0 spiro atoms. The van der Waals surface area contributed by atoms with E-state index in [-0.39, 0.29) is 17.8 Å². The van der Waals surface area contributed by atoms with Gasteiger partial charge in [0, 0.05) is 38.7 Å². The minimum Gasteiger partial charge on any atom is -0.381 e. The van der Waals surface area contributed by atoms with Crippen molar-refractivity contribution in [3.05, 3.63) is 65.2 Å². The first-order chi connectivity index (χ1) is 11.6. The van der Waals surface area contributed by atoms with Crippen molar-refractivity contribution in [2.45, 2.75) is 25.3 Å². The Kier molecular flexibility index (Phi) is 5.20. The number of nitrogens with zero attached hydrogens (tertiary/aromatic N) is 2. The molecule has 3 rings (SSSR count). The third-order valence-electron chi connectivity index (χ3n) is 4.40. The summed E-state index contributed by atoms with van der Waals surface area (Å²) in [5.41, 5.74) is 2.32. The Balaban J connectivity index is 1.73. The summed E-state index contributed by atoms with van der Waals surface area (Å²) in [6.45, 7) is 1.39. The number of halogens is 1. The molecule has 0 atom stereocenters. The van der Waals surface area contributed by atoms with Crippen LogP contribution in [0.5, 0.6) is 0 Å². The largest absolute Gasteiger partial charge is 0.381 e. The van der Waals surface area contributed by atoms with Gasteiger partial charge in [-0.15, -0.1) is 0 Å². The fourth-order valence-corrected chi connectivity index (χ4v) is 3.03. The Morgan fingerprint density at radius 1 is 1.25 bits per heavy atom. The maximum Gasteiger partial charge on any atom is 0.255 e. The van der Waals surface area contributed by atoms with Gasteiger partial charge in [-0.2, -0.15) is 0 Å². The minimum atomic E-state index is -0.257. The first-order valence-electron chi connectivity index (χ1n) is 8.17. The summed E-state index contributed by atoms with van der Waals surface area (Å²) >= 11 is 0. The van der Waals surface area contributed by atoms with Crippen molar-refractivity contribution < 1.29 is 13.9 Å².